The SMILES string of the molecule is CC[C@H](Oc1ccccc1)c1nnc(NC(=O)c2ccc([N+](=O)[O-])cc2)s1. The molecule has 0 unspecified atom stereocenters. The Morgan fingerprint density at radius 3 is 2.52 bits per heavy atom. The average Bonchev–Trinajstić information content (AvgIpc) is 3.15. The van der Waals surface area contributed by atoms with Gasteiger partial charge in [0.25, 0.3) is 11.6 Å². The molecule has 0 radical (unpaired) electrons. The lowest BCUT2D eigenvalue weighted by Gasteiger charge is -2.14. The highest BCUT2D eigenvalue weighted by Crippen LogP contribution is 2.29. The van der Waals surface area contributed by atoms with Gasteiger partial charge in [0.15, 0.2) is 11.1 Å². The van der Waals surface area contributed by atoms with E-state index in [0.29, 0.717) is 22.1 Å². The van der Waals surface area contributed by atoms with Crippen LogP contribution in [0.4, 0.5) is 10.8 Å². The largest absolute Gasteiger partial charge is 0.483 e. The maximum Gasteiger partial charge on any atom is 0.269 e. The summed E-state index contributed by atoms with van der Waals surface area (Å²) in [6.45, 7) is 1.98. The molecule has 8 nitrogen and oxygen atoms in total. The third-order valence-electron chi connectivity index (χ3n) is 3.67. The highest BCUT2D eigenvalue weighted by molar-refractivity contribution is 7.15. The molecule has 0 aliphatic heterocycles. The Hall–Kier alpha value is -3.33. The van der Waals surface area contributed by atoms with Crippen LogP contribution < -0.4 is 10.1 Å². The van der Waals surface area contributed by atoms with E-state index in [9.17, 15) is 14.9 Å². The molecule has 1 aromatic heterocycles. The lowest BCUT2D eigenvalue weighted by atomic mass is 10.2. The summed E-state index contributed by atoms with van der Waals surface area (Å²) in [5.41, 5.74) is 0.221. The number of hydrogen-bond acceptors (Lipinski definition) is 7. The van der Waals surface area contributed by atoms with Crippen LogP contribution in [0.25, 0.3) is 0 Å². The molecule has 0 spiro atoms. The van der Waals surface area contributed by atoms with Crippen LogP contribution >= 0.6 is 11.3 Å². The number of nitrogens with zero attached hydrogens (tertiary/aromatic N) is 3. The van der Waals surface area contributed by atoms with E-state index in [4.69, 9.17) is 4.74 Å². The fraction of sp³-hybridized carbons (Fsp3) is 0.167. The smallest absolute Gasteiger partial charge is 0.269 e. The van der Waals surface area contributed by atoms with Crippen molar-refractivity contribution >= 4 is 28.1 Å². The van der Waals surface area contributed by atoms with Crippen LogP contribution in [0.2, 0.25) is 0 Å². The first kappa shape index (κ1) is 18.5. The van der Waals surface area contributed by atoms with Crippen LogP contribution in [0.15, 0.2) is 54.6 Å². The van der Waals surface area contributed by atoms with Crippen molar-refractivity contribution < 1.29 is 14.5 Å². The number of para-hydroxylation sites is 1. The molecule has 1 N–H and O–H groups in total. The molecular formula is C18H16N4O4S. The summed E-state index contributed by atoms with van der Waals surface area (Å²) in [7, 11) is 0. The summed E-state index contributed by atoms with van der Waals surface area (Å²) in [4.78, 5) is 22.4. The zero-order valence-corrected chi connectivity index (χ0v) is 15.2. The fourth-order valence-electron chi connectivity index (χ4n) is 2.29. The van der Waals surface area contributed by atoms with Gasteiger partial charge in [-0.25, -0.2) is 0 Å². The second kappa shape index (κ2) is 8.37. The highest BCUT2D eigenvalue weighted by atomic mass is 32.1. The Kier molecular flexibility index (Phi) is 5.72. The quantitative estimate of drug-likeness (QED) is 0.482. The van der Waals surface area contributed by atoms with Crippen LogP contribution in [0, 0.1) is 10.1 Å². The number of carbonyl (C=O) groups is 1. The average molecular weight is 384 g/mol. The molecule has 1 amide bonds. The van der Waals surface area contributed by atoms with Crippen molar-refractivity contribution in [2.45, 2.75) is 19.4 Å². The van der Waals surface area contributed by atoms with E-state index in [0.717, 1.165) is 5.75 Å². The molecule has 0 bridgehead atoms. The minimum atomic E-state index is -0.518. The number of amides is 1. The Labute approximate surface area is 159 Å². The number of nitro groups is 1. The zero-order chi connectivity index (χ0) is 19.2. The first-order valence-corrected chi connectivity index (χ1v) is 8.99. The third kappa shape index (κ3) is 4.64. The van der Waals surface area contributed by atoms with Gasteiger partial charge in [-0.05, 0) is 30.7 Å². The van der Waals surface area contributed by atoms with Crippen LogP contribution in [-0.4, -0.2) is 21.0 Å². The second-order valence-electron chi connectivity index (χ2n) is 5.53. The molecule has 0 aliphatic carbocycles. The Morgan fingerprint density at radius 1 is 1.19 bits per heavy atom. The van der Waals surface area contributed by atoms with Crippen molar-refractivity contribution in [2.24, 2.45) is 0 Å². The maximum absolute atomic E-state index is 12.3. The Balaban J connectivity index is 1.67. The number of nitro benzene ring substituents is 1. The van der Waals surface area contributed by atoms with E-state index < -0.39 is 10.8 Å². The summed E-state index contributed by atoms with van der Waals surface area (Å²) in [5, 5.41) is 22.4. The number of anilines is 1. The van der Waals surface area contributed by atoms with Gasteiger partial charge in [-0.3, -0.25) is 20.2 Å². The molecule has 0 saturated carbocycles. The van der Waals surface area contributed by atoms with Crippen LogP contribution in [0.3, 0.4) is 0 Å². The van der Waals surface area contributed by atoms with Crippen molar-refractivity contribution in [2.75, 3.05) is 5.32 Å². The summed E-state index contributed by atoms with van der Waals surface area (Å²) in [5.74, 6) is 0.320. The molecule has 9 heteroatoms. The summed E-state index contributed by atoms with van der Waals surface area (Å²) < 4.78 is 5.92. The fourth-order valence-corrected chi connectivity index (χ4v) is 3.14. The number of carbonyl (C=O) groups excluding carboxylic acids is 1. The van der Waals surface area contributed by atoms with Gasteiger partial charge in [-0.15, -0.1) is 10.2 Å². The van der Waals surface area contributed by atoms with Crippen molar-refractivity contribution in [3.05, 3.63) is 75.3 Å². The molecule has 0 fully saturated rings. The number of ether oxygens (including phenoxy) is 1. The van der Waals surface area contributed by atoms with Gasteiger partial charge in [0.1, 0.15) is 5.75 Å². The summed E-state index contributed by atoms with van der Waals surface area (Å²) in [6, 6.07) is 14.7. The standard InChI is InChI=1S/C18H16N4O4S/c1-2-15(26-14-6-4-3-5-7-14)17-20-21-18(27-17)19-16(23)12-8-10-13(11-9-12)22(24)25/h3-11,15H,2H2,1H3,(H,19,21,23)/t15-/m0/s1. The molecule has 1 heterocycles. The molecule has 0 aliphatic rings. The number of rotatable bonds is 7. The lowest BCUT2D eigenvalue weighted by Crippen LogP contribution is -2.11. The van der Waals surface area contributed by atoms with E-state index in [1.54, 1.807) is 0 Å². The summed E-state index contributed by atoms with van der Waals surface area (Å²) in [6.07, 6.45) is 0.426. The zero-order valence-electron chi connectivity index (χ0n) is 14.4. The van der Waals surface area contributed by atoms with Gasteiger partial charge in [0.05, 0.1) is 4.92 Å². The van der Waals surface area contributed by atoms with Crippen molar-refractivity contribution in [1.82, 2.24) is 10.2 Å². The van der Waals surface area contributed by atoms with Crippen LogP contribution in [0.1, 0.15) is 34.8 Å². The van der Waals surface area contributed by atoms with E-state index >= 15 is 0 Å². The maximum atomic E-state index is 12.3. The number of benzene rings is 2. The van der Waals surface area contributed by atoms with E-state index in [2.05, 4.69) is 15.5 Å². The third-order valence-corrected chi connectivity index (χ3v) is 4.60. The van der Waals surface area contributed by atoms with E-state index in [-0.39, 0.29) is 11.8 Å². The lowest BCUT2D eigenvalue weighted by molar-refractivity contribution is -0.384. The van der Waals surface area contributed by atoms with Gasteiger partial charge in [0.2, 0.25) is 5.13 Å². The van der Waals surface area contributed by atoms with Crippen LogP contribution in [0.5, 0.6) is 5.75 Å². The molecule has 1 atom stereocenters. The Morgan fingerprint density at radius 2 is 1.89 bits per heavy atom. The Bertz CT molecular complexity index is 928. The van der Waals surface area contributed by atoms with Gasteiger partial charge < -0.3 is 4.74 Å². The highest BCUT2D eigenvalue weighted by Gasteiger charge is 2.18. The minimum absolute atomic E-state index is 0.0754. The number of aromatic nitrogens is 2. The molecule has 0 saturated heterocycles. The molecule has 27 heavy (non-hydrogen) atoms. The first-order valence-electron chi connectivity index (χ1n) is 8.17. The minimum Gasteiger partial charge on any atom is -0.483 e. The summed E-state index contributed by atoms with van der Waals surface area (Å²) >= 11 is 1.23. The molecule has 3 aromatic rings. The first-order chi connectivity index (χ1) is 13.1. The van der Waals surface area contributed by atoms with Crippen molar-refractivity contribution in [1.29, 1.82) is 0 Å². The normalized spacial score (nSPS) is 11.6. The van der Waals surface area contributed by atoms with Gasteiger partial charge in [0, 0.05) is 17.7 Å². The van der Waals surface area contributed by atoms with Gasteiger partial charge >= 0.3 is 0 Å². The molecule has 2 aromatic carbocycles. The predicted octanol–water partition coefficient (Wildman–Crippen LogP) is 4.23. The van der Waals surface area contributed by atoms with Gasteiger partial charge in [-0.1, -0.05) is 36.5 Å². The topological polar surface area (TPSA) is 107 Å². The number of nitrogens with one attached hydrogen (secondary N) is 1. The van der Waals surface area contributed by atoms with Crippen molar-refractivity contribution in [3.8, 4) is 5.75 Å². The second-order valence-corrected chi connectivity index (χ2v) is 6.54. The number of non-ortho nitro benzene ring substituents is 1. The molecule has 3 rings (SSSR count). The van der Waals surface area contributed by atoms with E-state index in [1.165, 1.54) is 35.6 Å². The molecular weight excluding hydrogens is 368 g/mol. The van der Waals surface area contributed by atoms with Crippen molar-refractivity contribution in [3.63, 3.8) is 0 Å². The van der Waals surface area contributed by atoms with E-state index in [1.807, 2.05) is 37.3 Å². The number of hydrogen-bond donors (Lipinski definition) is 1. The monoisotopic (exact) mass is 384 g/mol. The predicted molar refractivity (Wildman–Crippen MR) is 101 cm³/mol. The molecule has 138 valence electrons. The van der Waals surface area contributed by atoms with Crippen LogP contribution in [-0.2, 0) is 0 Å². The van der Waals surface area contributed by atoms with Gasteiger partial charge in [-0.2, -0.15) is 0 Å².